The number of ether oxygens (including phenoxy) is 3. The van der Waals surface area contributed by atoms with Crippen molar-refractivity contribution in [2.75, 3.05) is 20.3 Å². The predicted octanol–water partition coefficient (Wildman–Crippen LogP) is 3.95. The number of aryl methyl sites for hydroxylation is 1. The first-order valence-electron chi connectivity index (χ1n) is 8.44. The number of hydrogen-bond acceptors (Lipinski definition) is 5. The molecule has 6 heteroatoms. The molecule has 0 bridgehead atoms. The highest BCUT2D eigenvalue weighted by Crippen LogP contribution is 2.46. The van der Waals surface area contributed by atoms with Crippen molar-refractivity contribution in [2.45, 2.75) is 6.42 Å². The largest absolute Gasteiger partial charge is 0.504 e. The summed E-state index contributed by atoms with van der Waals surface area (Å²) in [7, 11) is 3.51. The fourth-order valence-corrected chi connectivity index (χ4v) is 4.78. The molecular weight excluding hydrogens is 350 g/mol. The van der Waals surface area contributed by atoms with E-state index in [1.165, 1.54) is 0 Å². The molecule has 0 unspecified atom stereocenters. The van der Waals surface area contributed by atoms with E-state index < -0.39 is 0 Å². The molecule has 0 N–H and O–H groups in total. The van der Waals surface area contributed by atoms with Gasteiger partial charge in [-0.15, -0.1) is 11.3 Å². The fourth-order valence-electron chi connectivity index (χ4n) is 3.85. The number of hydrogen-bond donors (Lipinski definition) is 0. The second kappa shape index (κ2) is 5.64. The second-order valence-electron chi connectivity index (χ2n) is 6.46. The lowest BCUT2D eigenvalue weighted by Crippen LogP contribution is -2.14. The van der Waals surface area contributed by atoms with Crippen LogP contribution in [-0.2, 0) is 18.2 Å². The Morgan fingerprint density at radius 2 is 2.12 bits per heavy atom. The van der Waals surface area contributed by atoms with Crippen molar-refractivity contribution in [3.63, 3.8) is 0 Å². The lowest BCUT2D eigenvalue weighted by molar-refractivity contribution is 0.102. The van der Waals surface area contributed by atoms with Gasteiger partial charge in [-0.1, -0.05) is 6.07 Å². The van der Waals surface area contributed by atoms with Gasteiger partial charge < -0.3 is 18.8 Å². The standard InChI is InChI=1S/C20H17NO4S/c1-21-15-4-3-11(20-19-16(10-26-20)24-5-6-25-19)7-13(15)14-8-12(9-23-2)18(22)17(14)21/h3-4,7,9-10H,5-6,8H2,1-2H3/b12-9+. The number of nitrogens with zero attached hydrogens (tertiary/aromatic N) is 1. The van der Waals surface area contributed by atoms with E-state index in [1.807, 2.05) is 17.0 Å². The maximum absolute atomic E-state index is 12.7. The van der Waals surface area contributed by atoms with E-state index in [1.54, 1.807) is 24.7 Å². The molecule has 1 aliphatic carbocycles. The van der Waals surface area contributed by atoms with E-state index in [4.69, 9.17) is 14.2 Å². The third-order valence-corrected chi connectivity index (χ3v) is 5.99. The maximum Gasteiger partial charge on any atom is 0.209 e. The van der Waals surface area contributed by atoms with Crippen molar-refractivity contribution in [2.24, 2.45) is 7.05 Å². The molecule has 132 valence electrons. The second-order valence-corrected chi connectivity index (χ2v) is 7.34. The monoisotopic (exact) mass is 367 g/mol. The Balaban J connectivity index is 1.68. The van der Waals surface area contributed by atoms with Gasteiger partial charge in [-0.05, 0) is 23.3 Å². The number of rotatable bonds is 2. The molecule has 1 aromatic carbocycles. The Morgan fingerprint density at radius 1 is 1.27 bits per heavy atom. The quantitative estimate of drug-likeness (QED) is 0.508. The first kappa shape index (κ1) is 15.5. The minimum atomic E-state index is 0.0485. The molecule has 2 aliphatic rings. The Hall–Kier alpha value is -2.73. The number of benzene rings is 1. The Kier molecular flexibility index (Phi) is 3.37. The molecule has 0 amide bonds. The molecule has 0 saturated heterocycles. The van der Waals surface area contributed by atoms with E-state index in [2.05, 4.69) is 18.2 Å². The smallest absolute Gasteiger partial charge is 0.209 e. The third-order valence-electron chi connectivity index (χ3n) is 5.00. The Labute approximate surface area is 154 Å². The first-order valence-corrected chi connectivity index (χ1v) is 9.32. The molecule has 0 atom stereocenters. The summed E-state index contributed by atoms with van der Waals surface area (Å²) >= 11 is 1.62. The Bertz CT molecular complexity index is 1090. The third kappa shape index (κ3) is 2.05. The molecule has 3 aromatic rings. The number of ketones is 1. The van der Waals surface area contributed by atoms with Gasteiger partial charge in [-0.3, -0.25) is 4.79 Å². The first-order chi connectivity index (χ1) is 12.7. The number of methoxy groups -OCH3 is 1. The highest BCUT2D eigenvalue weighted by molar-refractivity contribution is 7.14. The van der Waals surface area contributed by atoms with Gasteiger partial charge in [0.2, 0.25) is 5.78 Å². The average Bonchev–Trinajstić information content (AvgIpc) is 3.30. The lowest BCUT2D eigenvalue weighted by atomic mass is 10.1. The number of fused-ring (bicyclic) bond motifs is 4. The van der Waals surface area contributed by atoms with Crippen molar-refractivity contribution in [3.8, 4) is 21.9 Å². The van der Waals surface area contributed by atoms with Crippen LogP contribution < -0.4 is 9.47 Å². The number of carbonyl (C=O) groups is 1. The molecular formula is C20H17NO4S. The van der Waals surface area contributed by atoms with E-state index >= 15 is 0 Å². The van der Waals surface area contributed by atoms with Gasteiger partial charge in [0, 0.05) is 35.3 Å². The summed E-state index contributed by atoms with van der Waals surface area (Å²) in [6.07, 6.45) is 2.16. The van der Waals surface area contributed by atoms with E-state index in [-0.39, 0.29) is 5.78 Å². The van der Waals surface area contributed by atoms with Gasteiger partial charge in [0.05, 0.1) is 23.9 Å². The van der Waals surface area contributed by atoms with Gasteiger partial charge in [0.1, 0.15) is 13.2 Å². The SMILES string of the molecule is CO/C=C1\Cc2c(n(C)c3ccc(-c4scc5c4OCCO5)cc23)C1=O. The van der Waals surface area contributed by atoms with Crippen LogP contribution >= 0.6 is 11.3 Å². The number of thiophene rings is 1. The minimum Gasteiger partial charge on any atom is -0.504 e. The number of carbonyl (C=O) groups excluding carboxylic acids is 1. The van der Waals surface area contributed by atoms with Crippen LogP contribution in [-0.4, -0.2) is 30.7 Å². The average molecular weight is 367 g/mol. The van der Waals surface area contributed by atoms with Gasteiger partial charge in [0.15, 0.2) is 11.5 Å². The van der Waals surface area contributed by atoms with Crippen LogP contribution in [0.1, 0.15) is 16.1 Å². The van der Waals surface area contributed by atoms with Gasteiger partial charge >= 0.3 is 0 Å². The molecule has 0 spiro atoms. The van der Waals surface area contributed by atoms with Crippen LogP contribution in [0.3, 0.4) is 0 Å². The number of aromatic nitrogens is 1. The van der Waals surface area contributed by atoms with Crippen molar-refractivity contribution in [1.29, 1.82) is 0 Å². The van der Waals surface area contributed by atoms with Crippen LogP contribution in [0.15, 0.2) is 35.4 Å². The van der Waals surface area contributed by atoms with Crippen molar-refractivity contribution < 1.29 is 19.0 Å². The molecule has 3 heterocycles. The summed E-state index contributed by atoms with van der Waals surface area (Å²) in [5.74, 6) is 1.69. The Morgan fingerprint density at radius 3 is 2.96 bits per heavy atom. The summed E-state index contributed by atoms with van der Waals surface area (Å²) in [6.45, 7) is 1.16. The summed E-state index contributed by atoms with van der Waals surface area (Å²) in [4.78, 5) is 13.7. The molecule has 0 saturated carbocycles. The molecule has 1 aliphatic heterocycles. The van der Waals surface area contributed by atoms with Gasteiger partial charge in [0.25, 0.3) is 0 Å². The molecule has 5 nitrogen and oxygen atoms in total. The molecule has 0 radical (unpaired) electrons. The minimum absolute atomic E-state index is 0.0485. The van der Waals surface area contributed by atoms with E-state index in [0.29, 0.717) is 25.2 Å². The van der Waals surface area contributed by atoms with E-state index in [0.717, 1.165) is 44.1 Å². The lowest BCUT2D eigenvalue weighted by Gasteiger charge is -2.16. The van der Waals surface area contributed by atoms with Crippen LogP contribution in [0.5, 0.6) is 11.5 Å². The van der Waals surface area contributed by atoms with Crippen LogP contribution in [0.2, 0.25) is 0 Å². The van der Waals surface area contributed by atoms with Crippen molar-refractivity contribution in [1.82, 2.24) is 4.57 Å². The summed E-state index contributed by atoms with van der Waals surface area (Å²) in [5.41, 5.74) is 4.67. The molecule has 26 heavy (non-hydrogen) atoms. The van der Waals surface area contributed by atoms with Crippen molar-refractivity contribution in [3.05, 3.63) is 46.7 Å². The van der Waals surface area contributed by atoms with Crippen molar-refractivity contribution >= 4 is 28.0 Å². The normalized spacial score (nSPS) is 17.2. The maximum atomic E-state index is 12.7. The zero-order chi connectivity index (χ0) is 17.8. The molecule has 2 aromatic heterocycles. The zero-order valence-electron chi connectivity index (χ0n) is 14.5. The highest BCUT2D eigenvalue weighted by atomic mass is 32.1. The fraction of sp³-hybridized carbons (Fsp3) is 0.250. The highest BCUT2D eigenvalue weighted by Gasteiger charge is 2.32. The summed E-state index contributed by atoms with van der Waals surface area (Å²) in [5, 5.41) is 3.10. The van der Waals surface area contributed by atoms with Crippen LogP contribution in [0.25, 0.3) is 21.3 Å². The van der Waals surface area contributed by atoms with Gasteiger partial charge in [-0.25, -0.2) is 0 Å². The van der Waals surface area contributed by atoms with Crippen LogP contribution in [0.4, 0.5) is 0 Å². The molecule has 0 fully saturated rings. The van der Waals surface area contributed by atoms with Gasteiger partial charge in [-0.2, -0.15) is 0 Å². The van der Waals surface area contributed by atoms with Crippen LogP contribution in [0, 0.1) is 0 Å². The number of allylic oxidation sites excluding steroid dienone is 1. The summed E-state index contributed by atoms with van der Waals surface area (Å²) in [6, 6.07) is 6.31. The zero-order valence-corrected chi connectivity index (χ0v) is 15.3. The summed E-state index contributed by atoms with van der Waals surface area (Å²) < 4.78 is 18.5. The predicted molar refractivity (Wildman–Crippen MR) is 100 cm³/mol. The number of Topliss-reactive ketones (excluding diaryl/α,β-unsaturated/α-hetero) is 1. The molecule has 5 rings (SSSR count). The topological polar surface area (TPSA) is 49.7 Å². The van der Waals surface area contributed by atoms with E-state index in [9.17, 15) is 4.79 Å².